The SMILES string of the molecule is CCNC(Cc1cc(Cl)ccc1Cl)C(CC)(CC)OCC. The van der Waals surface area contributed by atoms with Crippen molar-refractivity contribution in [1.82, 2.24) is 5.32 Å². The molecule has 0 radical (unpaired) electrons. The van der Waals surface area contributed by atoms with Crippen molar-refractivity contribution in [2.45, 2.75) is 58.6 Å². The molecule has 1 atom stereocenters. The average Bonchev–Trinajstić information content (AvgIpc) is 2.48. The van der Waals surface area contributed by atoms with Crippen LogP contribution < -0.4 is 5.32 Å². The van der Waals surface area contributed by atoms with Crippen molar-refractivity contribution in [1.29, 1.82) is 0 Å². The zero-order valence-corrected chi connectivity index (χ0v) is 15.0. The summed E-state index contributed by atoms with van der Waals surface area (Å²) in [5, 5.41) is 5.06. The number of halogens is 2. The Morgan fingerprint density at radius 1 is 1.14 bits per heavy atom. The van der Waals surface area contributed by atoms with Gasteiger partial charge in [0, 0.05) is 22.7 Å². The average molecular weight is 332 g/mol. The third-order valence-corrected chi connectivity index (χ3v) is 4.75. The van der Waals surface area contributed by atoms with Gasteiger partial charge in [-0.05, 0) is 56.5 Å². The lowest BCUT2D eigenvalue weighted by atomic mass is 9.84. The van der Waals surface area contributed by atoms with Crippen molar-refractivity contribution < 1.29 is 4.74 Å². The molecule has 0 saturated heterocycles. The first-order chi connectivity index (χ1) is 10.0. The fourth-order valence-corrected chi connectivity index (χ4v) is 3.33. The van der Waals surface area contributed by atoms with E-state index in [4.69, 9.17) is 27.9 Å². The molecule has 2 nitrogen and oxygen atoms in total. The second-order valence-corrected chi connectivity index (χ2v) is 6.10. The van der Waals surface area contributed by atoms with E-state index < -0.39 is 0 Å². The van der Waals surface area contributed by atoms with E-state index in [1.165, 1.54) is 0 Å². The zero-order valence-electron chi connectivity index (χ0n) is 13.5. The van der Waals surface area contributed by atoms with E-state index in [0.717, 1.165) is 41.4 Å². The molecule has 0 aliphatic heterocycles. The summed E-state index contributed by atoms with van der Waals surface area (Å²) in [5.41, 5.74) is 0.900. The second kappa shape index (κ2) is 8.99. The molecule has 0 saturated carbocycles. The predicted molar refractivity (Wildman–Crippen MR) is 92.6 cm³/mol. The monoisotopic (exact) mass is 331 g/mol. The summed E-state index contributed by atoms with van der Waals surface area (Å²) >= 11 is 12.4. The van der Waals surface area contributed by atoms with Crippen LogP contribution in [-0.2, 0) is 11.2 Å². The van der Waals surface area contributed by atoms with E-state index in [0.29, 0.717) is 6.61 Å². The third-order valence-electron chi connectivity index (χ3n) is 4.15. The minimum Gasteiger partial charge on any atom is -0.374 e. The Bertz CT molecular complexity index is 433. The van der Waals surface area contributed by atoms with Gasteiger partial charge in [-0.25, -0.2) is 0 Å². The molecule has 0 amide bonds. The lowest BCUT2D eigenvalue weighted by Crippen LogP contribution is -2.53. The van der Waals surface area contributed by atoms with Crippen LogP contribution in [0.25, 0.3) is 0 Å². The highest BCUT2D eigenvalue weighted by Crippen LogP contribution is 2.30. The van der Waals surface area contributed by atoms with Crippen molar-refractivity contribution in [2.24, 2.45) is 0 Å². The van der Waals surface area contributed by atoms with Crippen molar-refractivity contribution in [3.63, 3.8) is 0 Å². The summed E-state index contributed by atoms with van der Waals surface area (Å²) < 4.78 is 6.15. The van der Waals surface area contributed by atoms with Crippen molar-refractivity contribution in [2.75, 3.05) is 13.2 Å². The van der Waals surface area contributed by atoms with Crippen molar-refractivity contribution >= 4 is 23.2 Å². The molecule has 120 valence electrons. The fourth-order valence-electron chi connectivity index (χ4n) is 2.95. The first kappa shape index (κ1) is 18.8. The molecule has 1 rings (SSSR count). The molecule has 1 aromatic rings. The predicted octanol–water partition coefficient (Wildman–Crippen LogP) is 5.11. The highest BCUT2D eigenvalue weighted by molar-refractivity contribution is 6.33. The summed E-state index contributed by atoms with van der Waals surface area (Å²) in [6.07, 6.45) is 2.75. The van der Waals surface area contributed by atoms with Crippen LogP contribution in [0.15, 0.2) is 18.2 Å². The Labute approximate surface area is 139 Å². The quantitative estimate of drug-likeness (QED) is 0.678. The molecular formula is C17H27Cl2NO. The molecule has 0 heterocycles. The van der Waals surface area contributed by atoms with Gasteiger partial charge in [-0.2, -0.15) is 0 Å². The number of hydrogen-bond donors (Lipinski definition) is 1. The molecular weight excluding hydrogens is 305 g/mol. The normalized spacial score (nSPS) is 13.4. The maximum absolute atomic E-state index is 6.33. The Morgan fingerprint density at radius 2 is 1.81 bits per heavy atom. The van der Waals surface area contributed by atoms with Crippen LogP contribution >= 0.6 is 23.2 Å². The van der Waals surface area contributed by atoms with E-state index in [-0.39, 0.29) is 11.6 Å². The first-order valence-corrected chi connectivity index (χ1v) is 8.59. The van der Waals surface area contributed by atoms with Crippen molar-refractivity contribution in [3.05, 3.63) is 33.8 Å². The number of nitrogens with one attached hydrogen (secondary N) is 1. The molecule has 0 aromatic heterocycles. The molecule has 21 heavy (non-hydrogen) atoms. The third kappa shape index (κ3) is 4.85. The van der Waals surface area contributed by atoms with Gasteiger partial charge in [0.2, 0.25) is 0 Å². The molecule has 1 N–H and O–H groups in total. The molecule has 0 bridgehead atoms. The second-order valence-electron chi connectivity index (χ2n) is 5.26. The summed E-state index contributed by atoms with van der Waals surface area (Å²) in [4.78, 5) is 0. The van der Waals surface area contributed by atoms with Gasteiger partial charge in [-0.15, -0.1) is 0 Å². The van der Waals surface area contributed by atoms with E-state index in [1.54, 1.807) is 0 Å². The highest BCUT2D eigenvalue weighted by atomic mass is 35.5. The van der Waals surface area contributed by atoms with Crippen LogP contribution in [0.1, 0.15) is 46.1 Å². The van der Waals surface area contributed by atoms with Gasteiger partial charge in [0.15, 0.2) is 0 Å². The number of hydrogen-bond acceptors (Lipinski definition) is 2. The van der Waals surface area contributed by atoms with Crippen LogP contribution in [0.2, 0.25) is 10.0 Å². The van der Waals surface area contributed by atoms with Gasteiger partial charge in [0.1, 0.15) is 0 Å². The molecule has 0 spiro atoms. The van der Waals surface area contributed by atoms with Crippen LogP contribution in [0.5, 0.6) is 0 Å². The molecule has 1 aromatic carbocycles. The summed E-state index contributed by atoms with van der Waals surface area (Å²) in [5.74, 6) is 0. The van der Waals surface area contributed by atoms with Crippen LogP contribution in [0.3, 0.4) is 0 Å². The van der Waals surface area contributed by atoms with Crippen LogP contribution in [0, 0.1) is 0 Å². The molecule has 0 fully saturated rings. The minimum absolute atomic E-state index is 0.170. The van der Waals surface area contributed by atoms with E-state index in [1.807, 2.05) is 18.2 Å². The lowest BCUT2D eigenvalue weighted by Gasteiger charge is -2.40. The summed E-state index contributed by atoms with van der Waals surface area (Å²) in [6.45, 7) is 10.2. The van der Waals surface area contributed by atoms with Gasteiger partial charge < -0.3 is 10.1 Å². The number of rotatable bonds is 9. The Morgan fingerprint density at radius 3 is 2.33 bits per heavy atom. The highest BCUT2D eigenvalue weighted by Gasteiger charge is 2.36. The van der Waals surface area contributed by atoms with Crippen LogP contribution in [-0.4, -0.2) is 24.8 Å². The lowest BCUT2D eigenvalue weighted by molar-refractivity contribution is -0.0715. The standard InChI is InChI=1S/C17H27Cl2NO/c1-5-17(6-2,21-8-4)16(20-7-3)12-13-11-14(18)9-10-15(13)19/h9-11,16,20H,5-8,12H2,1-4H3. The van der Waals surface area contributed by atoms with Gasteiger partial charge in [0.05, 0.1) is 5.60 Å². The molecule has 1 unspecified atom stereocenters. The van der Waals surface area contributed by atoms with Gasteiger partial charge in [0.25, 0.3) is 0 Å². The number of benzene rings is 1. The molecule has 0 aliphatic rings. The summed E-state index contributed by atoms with van der Waals surface area (Å²) in [6, 6.07) is 5.86. The Hall–Kier alpha value is -0.280. The molecule has 0 aliphatic carbocycles. The van der Waals surface area contributed by atoms with E-state index in [9.17, 15) is 0 Å². The Kier molecular flexibility index (Phi) is 8.04. The van der Waals surface area contributed by atoms with E-state index in [2.05, 4.69) is 33.0 Å². The van der Waals surface area contributed by atoms with Crippen LogP contribution in [0.4, 0.5) is 0 Å². The topological polar surface area (TPSA) is 21.3 Å². The first-order valence-electron chi connectivity index (χ1n) is 7.84. The zero-order chi connectivity index (χ0) is 15.9. The number of ether oxygens (including phenoxy) is 1. The smallest absolute Gasteiger partial charge is 0.0832 e. The largest absolute Gasteiger partial charge is 0.374 e. The maximum atomic E-state index is 6.33. The maximum Gasteiger partial charge on any atom is 0.0832 e. The Balaban J connectivity index is 3.07. The number of likely N-dealkylation sites (N-methyl/N-ethyl adjacent to an activating group) is 1. The minimum atomic E-state index is -0.170. The van der Waals surface area contributed by atoms with Gasteiger partial charge in [-0.1, -0.05) is 44.0 Å². The fraction of sp³-hybridized carbons (Fsp3) is 0.647. The van der Waals surface area contributed by atoms with Gasteiger partial charge >= 0.3 is 0 Å². The van der Waals surface area contributed by atoms with Crippen molar-refractivity contribution in [3.8, 4) is 0 Å². The van der Waals surface area contributed by atoms with Gasteiger partial charge in [-0.3, -0.25) is 0 Å². The molecule has 4 heteroatoms. The summed E-state index contributed by atoms with van der Waals surface area (Å²) in [7, 11) is 0. The van der Waals surface area contributed by atoms with E-state index >= 15 is 0 Å².